The first-order chi connectivity index (χ1) is 14.3. The van der Waals surface area contributed by atoms with Gasteiger partial charge in [0.15, 0.2) is 0 Å². The molecular weight excluding hydrogens is 398 g/mol. The number of rotatable bonds is 6. The summed E-state index contributed by atoms with van der Waals surface area (Å²) in [6, 6.07) is 10.2. The summed E-state index contributed by atoms with van der Waals surface area (Å²) in [6.45, 7) is 2.91. The number of aromatic nitrogens is 2. The number of carbonyl (C=O) groups is 1. The Hall–Kier alpha value is -2.67. The van der Waals surface area contributed by atoms with Gasteiger partial charge in [-0.25, -0.2) is 8.42 Å². The van der Waals surface area contributed by atoms with Crippen LogP contribution in [-0.2, 0) is 39.6 Å². The van der Waals surface area contributed by atoms with Gasteiger partial charge >= 0.3 is 0 Å². The van der Waals surface area contributed by atoms with Crippen LogP contribution in [0.1, 0.15) is 36.6 Å². The standard InChI is InChI=1S/C23H25N3O3S/c1-3-16-5-4-6-20-18(16)13-17(25(20)11-12-30(2,28)29)15-26-21-14-24-10-7-19(21)23(8-9-23)22(26)27/h4-7,10,13-14H,3,8-9,11-12,15H2,1-2H3. The molecule has 1 aromatic carbocycles. The second kappa shape index (κ2) is 6.67. The Morgan fingerprint density at radius 3 is 2.70 bits per heavy atom. The van der Waals surface area contributed by atoms with Crippen LogP contribution in [0, 0.1) is 0 Å². The van der Waals surface area contributed by atoms with E-state index >= 15 is 0 Å². The van der Waals surface area contributed by atoms with Crippen LogP contribution in [0.4, 0.5) is 5.69 Å². The third-order valence-electron chi connectivity index (χ3n) is 6.52. The van der Waals surface area contributed by atoms with Crippen LogP contribution in [0.3, 0.4) is 0 Å². The van der Waals surface area contributed by atoms with E-state index in [4.69, 9.17) is 0 Å². The first kappa shape index (κ1) is 19.3. The fraction of sp³-hybridized carbons (Fsp3) is 0.391. The summed E-state index contributed by atoms with van der Waals surface area (Å²) in [4.78, 5) is 19.4. The molecule has 1 aliphatic heterocycles. The second-order valence-electron chi connectivity index (χ2n) is 8.49. The zero-order valence-electron chi connectivity index (χ0n) is 17.3. The van der Waals surface area contributed by atoms with Crippen LogP contribution < -0.4 is 4.90 Å². The third kappa shape index (κ3) is 2.95. The molecule has 0 bridgehead atoms. The van der Waals surface area contributed by atoms with Crippen LogP contribution in [-0.4, -0.2) is 35.9 Å². The molecule has 30 heavy (non-hydrogen) atoms. The highest BCUT2D eigenvalue weighted by atomic mass is 32.2. The van der Waals surface area contributed by atoms with Gasteiger partial charge in [0.25, 0.3) is 0 Å². The number of anilines is 1. The van der Waals surface area contributed by atoms with Crippen molar-refractivity contribution in [3.63, 3.8) is 0 Å². The van der Waals surface area contributed by atoms with Gasteiger partial charge in [-0.15, -0.1) is 0 Å². The van der Waals surface area contributed by atoms with Crippen molar-refractivity contribution >= 4 is 32.3 Å². The minimum Gasteiger partial charge on any atom is -0.342 e. The molecule has 1 saturated carbocycles. The Morgan fingerprint density at radius 1 is 1.20 bits per heavy atom. The first-order valence-electron chi connectivity index (χ1n) is 10.4. The lowest BCUT2D eigenvalue weighted by molar-refractivity contribution is -0.120. The van der Waals surface area contributed by atoms with Crippen LogP contribution >= 0.6 is 0 Å². The Bertz CT molecular complexity index is 1270. The monoisotopic (exact) mass is 423 g/mol. The smallest absolute Gasteiger partial charge is 0.238 e. The van der Waals surface area contributed by atoms with E-state index in [1.807, 2.05) is 23.1 Å². The average molecular weight is 424 g/mol. The summed E-state index contributed by atoms with van der Waals surface area (Å²) in [7, 11) is -3.11. The average Bonchev–Trinajstić information content (AvgIpc) is 3.40. The van der Waals surface area contributed by atoms with Crippen molar-refractivity contribution in [2.45, 2.75) is 44.7 Å². The van der Waals surface area contributed by atoms with Crippen LogP contribution in [0.5, 0.6) is 0 Å². The quantitative estimate of drug-likeness (QED) is 0.610. The molecule has 6 nitrogen and oxygen atoms in total. The van der Waals surface area contributed by atoms with E-state index in [2.05, 4.69) is 28.6 Å². The Labute approximate surface area is 176 Å². The molecule has 1 spiro atoms. The largest absolute Gasteiger partial charge is 0.342 e. The molecule has 156 valence electrons. The predicted octanol–water partition coefficient (Wildman–Crippen LogP) is 3.22. The van der Waals surface area contributed by atoms with Crippen LogP contribution in [0.15, 0.2) is 42.7 Å². The highest BCUT2D eigenvalue weighted by molar-refractivity contribution is 7.90. The fourth-order valence-electron chi connectivity index (χ4n) is 4.78. The van der Waals surface area contributed by atoms with Crippen molar-refractivity contribution < 1.29 is 13.2 Å². The number of fused-ring (bicyclic) bond motifs is 3. The molecule has 2 aliphatic rings. The second-order valence-corrected chi connectivity index (χ2v) is 10.7. The maximum absolute atomic E-state index is 13.3. The maximum Gasteiger partial charge on any atom is 0.238 e. The zero-order chi connectivity index (χ0) is 21.1. The van der Waals surface area contributed by atoms with E-state index in [1.165, 1.54) is 11.8 Å². The normalized spacial score (nSPS) is 17.1. The highest BCUT2D eigenvalue weighted by Crippen LogP contribution is 2.57. The van der Waals surface area contributed by atoms with Gasteiger partial charge in [0.1, 0.15) is 9.84 Å². The number of pyridine rings is 1. The summed E-state index contributed by atoms with van der Waals surface area (Å²) in [6.07, 6.45) is 7.46. The summed E-state index contributed by atoms with van der Waals surface area (Å²) < 4.78 is 25.8. The highest BCUT2D eigenvalue weighted by Gasteiger charge is 2.59. The SMILES string of the molecule is CCc1cccc2c1cc(CN1C(=O)C3(CC3)c3ccncc31)n2CCS(C)(=O)=O. The predicted molar refractivity (Wildman–Crippen MR) is 117 cm³/mol. The Balaban J connectivity index is 1.60. The van der Waals surface area contributed by atoms with Crippen molar-refractivity contribution in [3.8, 4) is 0 Å². The lowest BCUT2D eigenvalue weighted by Crippen LogP contribution is -2.32. The number of hydrogen-bond donors (Lipinski definition) is 0. The minimum absolute atomic E-state index is 0.0656. The number of carbonyl (C=O) groups excluding carboxylic acids is 1. The number of nitrogens with zero attached hydrogens (tertiary/aromatic N) is 3. The number of hydrogen-bond acceptors (Lipinski definition) is 4. The molecule has 2 aromatic heterocycles. The number of benzene rings is 1. The molecular formula is C23H25N3O3S. The Morgan fingerprint density at radius 2 is 2.00 bits per heavy atom. The number of aryl methyl sites for hydroxylation is 2. The summed E-state index contributed by atoms with van der Waals surface area (Å²) in [5, 5.41) is 1.13. The van der Waals surface area contributed by atoms with Crippen molar-refractivity contribution in [2.75, 3.05) is 16.9 Å². The van der Waals surface area contributed by atoms with E-state index in [1.54, 1.807) is 12.4 Å². The van der Waals surface area contributed by atoms with Gasteiger partial charge < -0.3 is 9.47 Å². The Kier molecular flexibility index (Phi) is 4.29. The summed E-state index contributed by atoms with van der Waals surface area (Å²) >= 11 is 0. The van der Waals surface area contributed by atoms with Crippen molar-refractivity contribution in [1.29, 1.82) is 0 Å². The van der Waals surface area contributed by atoms with Crippen molar-refractivity contribution in [1.82, 2.24) is 9.55 Å². The molecule has 7 heteroatoms. The molecule has 1 aliphatic carbocycles. The number of amides is 1. The van der Waals surface area contributed by atoms with Gasteiger partial charge in [-0.1, -0.05) is 19.1 Å². The molecule has 0 radical (unpaired) electrons. The molecule has 0 saturated heterocycles. The van der Waals surface area contributed by atoms with Gasteiger partial charge in [0.05, 0.1) is 29.6 Å². The molecule has 3 heterocycles. The van der Waals surface area contributed by atoms with E-state index in [-0.39, 0.29) is 17.1 Å². The molecule has 1 fully saturated rings. The summed E-state index contributed by atoms with van der Waals surface area (Å²) in [5.41, 5.74) is 4.80. The van der Waals surface area contributed by atoms with Gasteiger partial charge in [0, 0.05) is 35.6 Å². The lowest BCUT2D eigenvalue weighted by Gasteiger charge is -2.19. The molecule has 5 rings (SSSR count). The van der Waals surface area contributed by atoms with E-state index in [9.17, 15) is 13.2 Å². The zero-order valence-corrected chi connectivity index (χ0v) is 18.1. The van der Waals surface area contributed by atoms with Crippen LogP contribution in [0.25, 0.3) is 10.9 Å². The van der Waals surface area contributed by atoms with Gasteiger partial charge in [0.2, 0.25) is 5.91 Å². The molecule has 0 N–H and O–H groups in total. The van der Waals surface area contributed by atoms with Crippen molar-refractivity contribution in [2.24, 2.45) is 0 Å². The van der Waals surface area contributed by atoms with E-state index in [0.29, 0.717) is 13.1 Å². The van der Waals surface area contributed by atoms with Gasteiger partial charge in [-0.3, -0.25) is 9.78 Å². The topological polar surface area (TPSA) is 72.3 Å². The molecule has 3 aromatic rings. The van der Waals surface area contributed by atoms with Crippen molar-refractivity contribution in [3.05, 3.63) is 59.5 Å². The van der Waals surface area contributed by atoms with Gasteiger partial charge in [-0.2, -0.15) is 0 Å². The lowest BCUT2D eigenvalue weighted by atomic mass is 9.99. The minimum atomic E-state index is -3.11. The molecule has 1 amide bonds. The third-order valence-corrected chi connectivity index (χ3v) is 7.44. The maximum atomic E-state index is 13.3. The first-order valence-corrected chi connectivity index (χ1v) is 12.4. The van der Waals surface area contributed by atoms with Crippen LogP contribution in [0.2, 0.25) is 0 Å². The number of sulfone groups is 1. The molecule has 0 unspecified atom stereocenters. The van der Waals surface area contributed by atoms with E-state index in [0.717, 1.165) is 47.1 Å². The summed E-state index contributed by atoms with van der Waals surface area (Å²) in [5.74, 6) is 0.206. The fourth-order valence-corrected chi connectivity index (χ4v) is 5.29. The van der Waals surface area contributed by atoms with E-state index < -0.39 is 9.84 Å². The van der Waals surface area contributed by atoms with Gasteiger partial charge in [-0.05, 0) is 48.6 Å². The molecule has 0 atom stereocenters.